The number of piperazine rings is 1. The third-order valence-corrected chi connectivity index (χ3v) is 6.07. The zero-order valence-corrected chi connectivity index (χ0v) is 19.3. The van der Waals surface area contributed by atoms with Gasteiger partial charge in [0.1, 0.15) is 17.0 Å². The molecule has 0 radical (unpaired) electrons. The molecule has 33 heavy (non-hydrogen) atoms. The average Bonchev–Trinajstić information content (AvgIpc) is 2.83. The molecule has 0 unspecified atom stereocenters. The molecule has 0 aliphatic carbocycles. The van der Waals surface area contributed by atoms with Crippen LogP contribution in [-0.4, -0.2) is 74.3 Å². The van der Waals surface area contributed by atoms with Crippen LogP contribution in [0.25, 0.3) is 11.0 Å². The molecule has 178 valence electrons. The summed E-state index contributed by atoms with van der Waals surface area (Å²) in [6.45, 7) is 7.62. The smallest absolute Gasteiger partial charge is 0.409 e. The van der Waals surface area contributed by atoms with E-state index in [1.807, 2.05) is 17.9 Å². The van der Waals surface area contributed by atoms with Crippen LogP contribution in [0.15, 0.2) is 27.4 Å². The zero-order valence-electron chi connectivity index (χ0n) is 19.3. The van der Waals surface area contributed by atoms with Crippen LogP contribution >= 0.6 is 0 Å². The lowest BCUT2D eigenvalue weighted by molar-refractivity contribution is -0.120. The Bertz CT molecular complexity index is 1070. The van der Waals surface area contributed by atoms with Crippen molar-refractivity contribution in [1.82, 2.24) is 9.80 Å². The highest BCUT2D eigenvalue weighted by Gasteiger charge is 2.31. The normalized spacial score (nSPS) is 16.5. The number of ether oxygens (including phenoxy) is 2. The Morgan fingerprint density at radius 1 is 1.09 bits per heavy atom. The zero-order chi connectivity index (χ0) is 23.4. The minimum absolute atomic E-state index is 0.134. The van der Waals surface area contributed by atoms with Gasteiger partial charge in [-0.3, -0.25) is 9.69 Å². The quantitative estimate of drug-likeness (QED) is 0.616. The van der Waals surface area contributed by atoms with Crippen LogP contribution in [0.2, 0.25) is 0 Å². The molecule has 2 amide bonds. The maximum Gasteiger partial charge on any atom is 0.409 e. The van der Waals surface area contributed by atoms with E-state index < -0.39 is 5.63 Å². The van der Waals surface area contributed by atoms with E-state index >= 15 is 0 Å². The van der Waals surface area contributed by atoms with Gasteiger partial charge in [-0.15, -0.1) is 0 Å². The van der Waals surface area contributed by atoms with Crippen LogP contribution in [0.4, 0.5) is 10.5 Å². The summed E-state index contributed by atoms with van der Waals surface area (Å²) >= 11 is 0. The Kier molecular flexibility index (Phi) is 7.17. The SMILES string of the molecule is CCCOc1ccc2oc(=O)c3c(c2c1)CCCN3C(=O)CN1CCN(C(=O)OCC)CC1. The van der Waals surface area contributed by atoms with Crippen molar-refractivity contribution in [2.45, 2.75) is 33.1 Å². The lowest BCUT2D eigenvalue weighted by atomic mass is 9.98. The van der Waals surface area contributed by atoms with Gasteiger partial charge in [0.15, 0.2) is 0 Å². The van der Waals surface area contributed by atoms with Crippen molar-refractivity contribution in [2.24, 2.45) is 0 Å². The van der Waals surface area contributed by atoms with E-state index in [0.717, 1.165) is 29.5 Å². The van der Waals surface area contributed by atoms with Crippen LogP contribution < -0.4 is 15.3 Å². The molecule has 2 aliphatic heterocycles. The highest BCUT2D eigenvalue weighted by molar-refractivity contribution is 5.98. The van der Waals surface area contributed by atoms with Crippen LogP contribution in [-0.2, 0) is 16.0 Å². The Hall–Kier alpha value is -3.07. The standard InChI is InChI=1S/C24H31N3O6/c1-3-14-32-17-7-8-20-19(15-17)18-6-5-9-27(22(18)23(29)33-20)21(28)16-25-10-12-26(13-11-25)24(30)31-4-2/h7-8,15H,3-6,9-14,16H2,1-2H3. The predicted octanol–water partition coefficient (Wildman–Crippen LogP) is 2.64. The Balaban J connectivity index is 1.51. The summed E-state index contributed by atoms with van der Waals surface area (Å²) in [5, 5.41) is 0.818. The van der Waals surface area contributed by atoms with Crippen LogP contribution in [0.1, 0.15) is 32.3 Å². The van der Waals surface area contributed by atoms with Crippen molar-refractivity contribution in [3.05, 3.63) is 34.2 Å². The van der Waals surface area contributed by atoms with Gasteiger partial charge in [-0.2, -0.15) is 0 Å². The number of amides is 2. The van der Waals surface area contributed by atoms with E-state index in [-0.39, 0.29) is 18.5 Å². The van der Waals surface area contributed by atoms with Gasteiger partial charge in [0.05, 0.1) is 19.8 Å². The fourth-order valence-corrected chi connectivity index (χ4v) is 4.42. The Labute approximate surface area is 192 Å². The summed E-state index contributed by atoms with van der Waals surface area (Å²) in [6.07, 6.45) is 2.06. The van der Waals surface area contributed by atoms with Crippen LogP contribution in [0.3, 0.4) is 0 Å². The molecule has 2 aliphatic rings. The molecular formula is C24H31N3O6. The number of fused-ring (bicyclic) bond motifs is 3. The van der Waals surface area contributed by atoms with Crippen molar-refractivity contribution < 1.29 is 23.5 Å². The Morgan fingerprint density at radius 2 is 1.88 bits per heavy atom. The summed E-state index contributed by atoms with van der Waals surface area (Å²) < 4.78 is 16.4. The van der Waals surface area contributed by atoms with Gasteiger partial charge < -0.3 is 23.7 Å². The fourth-order valence-electron chi connectivity index (χ4n) is 4.42. The van der Waals surface area contributed by atoms with Crippen molar-refractivity contribution >= 4 is 28.7 Å². The summed E-state index contributed by atoms with van der Waals surface area (Å²) in [4.78, 5) is 43.2. The second-order valence-corrected chi connectivity index (χ2v) is 8.33. The number of carbonyl (C=O) groups is 2. The molecule has 0 saturated carbocycles. The predicted molar refractivity (Wildman–Crippen MR) is 124 cm³/mol. The molecule has 1 aromatic carbocycles. The van der Waals surface area contributed by atoms with Gasteiger partial charge in [-0.1, -0.05) is 6.92 Å². The van der Waals surface area contributed by atoms with E-state index in [9.17, 15) is 14.4 Å². The molecular weight excluding hydrogens is 426 g/mol. The monoisotopic (exact) mass is 457 g/mol. The minimum Gasteiger partial charge on any atom is -0.494 e. The topological polar surface area (TPSA) is 92.5 Å². The molecule has 4 rings (SSSR count). The third kappa shape index (κ3) is 4.98. The fraction of sp³-hybridized carbons (Fsp3) is 0.542. The summed E-state index contributed by atoms with van der Waals surface area (Å²) in [6, 6.07) is 5.45. The first-order valence-electron chi connectivity index (χ1n) is 11.7. The van der Waals surface area contributed by atoms with E-state index in [0.29, 0.717) is 63.6 Å². The van der Waals surface area contributed by atoms with Crippen LogP contribution in [0.5, 0.6) is 5.75 Å². The van der Waals surface area contributed by atoms with E-state index in [4.69, 9.17) is 13.9 Å². The van der Waals surface area contributed by atoms with Crippen molar-refractivity contribution in [3.8, 4) is 5.75 Å². The van der Waals surface area contributed by atoms with Crippen molar-refractivity contribution in [2.75, 3.05) is 57.4 Å². The van der Waals surface area contributed by atoms with Crippen molar-refractivity contribution in [1.29, 1.82) is 0 Å². The van der Waals surface area contributed by atoms with Crippen LogP contribution in [0, 0.1) is 0 Å². The number of nitrogens with zero attached hydrogens (tertiary/aromatic N) is 3. The number of hydrogen-bond acceptors (Lipinski definition) is 7. The number of benzene rings is 1. The molecule has 1 fully saturated rings. The van der Waals surface area contributed by atoms with E-state index in [1.54, 1.807) is 28.9 Å². The van der Waals surface area contributed by atoms with Crippen molar-refractivity contribution in [3.63, 3.8) is 0 Å². The first-order valence-corrected chi connectivity index (χ1v) is 11.7. The largest absolute Gasteiger partial charge is 0.494 e. The maximum absolute atomic E-state index is 13.2. The molecule has 9 heteroatoms. The Morgan fingerprint density at radius 3 is 2.61 bits per heavy atom. The number of aryl methyl sites for hydroxylation is 1. The molecule has 0 N–H and O–H groups in total. The summed E-state index contributed by atoms with van der Waals surface area (Å²) in [7, 11) is 0. The lowest BCUT2D eigenvalue weighted by Gasteiger charge is -2.35. The number of rotatable bonds is 6. The summed E-state index contributed by atoms with van der Waals surface area (Å²) in [5.41, 5.74) is 1.21. The molecule has 1 saturated heterocycles. The molecule has 0 spiro atoms. The van der Waals surface area contributed by atoms with E-state index in [2.05, 4.69) is 0 Å². The van der Waals surface area contributed by atoms with Gasteiger partial charge in [-0.25, -0.2) is 9.59 Å². The highest BCUT2D eigenvalue weighted by Crippen LogP contribution is 2.33. The second-order valence-electron chi connectivity index (χ2n) is 8.33. The van der Waals surface area contributed by atoms with Gasteiger partial charge in [-0.05, 0) is 49.9 Å². The molecule has 9 nitrogen and oxygen atoms in total. The van der Waals surface area contributed by atoms with Gasteiger partial charge in [0.25, 0.3) is 0 Å². The molecule has 1 aromatic heterocycles. The minimum atomic E-state index is -0.486. The average molecular weight is 458 g/mol. The molecule has 0 bridgehead atoms. The number of hydrogen-bond donors (Lipinski definition) is 0. The molecule has 0 atom stereocenters. The highest BCUT2D eigenvalue weighted by atomic mass is 16.6. The number of anilines is 1. The lowest BCUT2D eigenvalue weighted by Crippen LogP contribution is -2.52. The maximum atomic E-state index is 13.2. The second kappa shape index (κ2) is 10.2. The van der Waals surface area contributed by atoms with E-state index in [1.165, 1.54) is 0 Å². The van der Waals surface area contributed by atoms with Gasteiger partial charge >= 0.3 is 11.7 Å². The first kappa shape index (κ1) is 23.1. The first-order chi connectivity index (χ1) is 16.0. The van der Waals surface area contributed by atoms with Gasteiger partial charge in [0, 0.05) is 38.1 Å². The molecule has 3 heterocycles. The summed E-state index contributed by atoms with van der Waals surface area (Å²) in [5.74, 6) is 0.592. The third-order valence-electron chi connectivity index (χ3n) is 6.07. The number of carbonyl (C=O) groups excluding carboxylic acids is 2. The molecule has 2 aromatic rings. The van der Waals surface area contributed by atoms with Gasteiger partial charge in [0.2, 0.25) is 5.91 Å².